The van der Waals surface area contributed by atoms with Crippen molar-refractivity contribution in [2.75, 3.05) is 6.54 Å². The SMILES string of the molecule is CC(C)(C)C12CCCN1C1CCC(C2)O1. The Labute approximate surface area is 93.0 Å². The van der Waals surface area contributed by atoms with E-state index in [1.165, 1.54) is 38.6 Å². The zero-order valence-electron chi connectivity index (χ0n) is 10.3. The van der Waals surface area contributed by atoms with E-state index in [0.717, 1.165) is 0 Å². The summed E-state index contributed by atoms with van der Waals surface area (Å²) in [7, 11) is 0. The van der Waals surface area contributed by atoms with Crippen LogP contribution in [0.5, 0.6) is 0 Å². The Morgan fingerprint density at radius 2 is 2.07 bits per heavy atom. The number of hydrogen-bond acceptors (Lipinski definition) is 2. The van der Waals surface area contributed by atoms with Crippen molar-refractivity contribution >= 4 is 0 Å². The molecule has 2 heteroatoms. The zero-order chi connectivity index (χ0) is 10.7. The first kappa shape index (κ1) is 10.1. The molecule has 0 radical (unpaired) electrons. The minimum atomic E-state index is 0.397. The van der Waals surface area contributed by atoms with Gasteiger partial charge < -0.3 is 4.74 Å². The second kappa shape index (κ2) is 2.98. The molecule has 0 spiro atoms. The largest absolute Gasteiger partial charge is 0.360 e. The molecular weight excluding hydrogens is 186 g/mol. The van der Waals surface area contributed by atoms with E-state index in [0.29, 0.717) is 23.3 Å². The van der Waals surface area contributed by atoms with Crippen LogP contribution in [0.25, 0.3) is 0 Å². The van der Waals surface area contributed by atoms with Crippen LogP contribution >= 0.6 is 0 Å². The van der Waals surface area contributed by atoms with Crippen molar-refractivity contribution in [2.45, 2.75) is 70.7 Å². The Balaban J connectivity index is 1.99. The lowest BCUT2D eigenvalue weighted by Gasteiger charge is -2.53. The molecule has 3 fully saturated rings. The molecular formula is C13H23NO. The molecule has 86 valence electrons. The van der Waals surface area contributed by atoms with Crippen LogP contribution in [0, 0.1) is 5.41 Å². The molecule has 3 rings (SSSR count). The van der Waals surface area contributed by atoms with Crippen molar-refractivity contribution in [1.29, 1.82) is 0 Å². The standard InChI is InChI=1S/C13H23NO/c1-12(2,3)13-7-4-8-14(13)11-6-5-10(9-13)15-11/h10-11H,4-9H2,1-3H3. The lowest BCUT2D eigenvalue weighted by atomic mass is 9.68. The third-order valence-corrected chi connectivity index (χ3v) is 4.93. The molecule has 2 bridgehead atoms. The van der Waals surface area contributed by atoms with Crippen LogP contribution in [-0.2, 0) is 4.74 Å². The molecule has 15 heavy (non-hydrogen) atoms. The molecule has 3 unspecified atom stereocenters. The summed E-state index contributed by atoms with van der Waals surface area (Å²) in [6.07, 6.45) is 7.58. The van der Waals surface area contributed by atoms with Gasteiger partial charge in [0.1, 0.15) is 6.23 Å². The summed E-state index contributed by atoms with van der Waals surface area (Å²) in [6.45, 7) is 8.50. The van der Waals surface area contributed by atoms with Gasteiger partial charge in [0.25, 0.3) is 0 Å². The molecule has 3 saturated heterocycles. The van der Waals surface area contributed by atoms with E-state index >= 15 is 0 Å². The molecule has 0 aliphatic carbocycles. The first-order chi connectivity index (χ1) is 7.03. The Morgan fingerprint density at radius 1 is 1.27 bits per heavy atom. The van der Waals surface area contributed by atoms with Crippen molar-refractivity contribution in [3.8, 4) is 0 Å². The molecule has 0 N–H and O–H groups in total. The highest BCUT2D eigenvalue weighted by molar-refractivity contribution is 5.09. The van der Waals surface area contributed by atoms with E-state index < -0.39 is 0 Å². The predicted molar refractivity (Wildman–Crippen MR) is 60.6 cm³/mol. The van der Waals surface area contributed by atoms with Crippen LogP contribution in [0.1, 0.15) is 52.9 Å². The summed E-state index contributed by atoms with van der Waals surface area (Å²) in [4.78, 5) is 2.69. The molecule has 3 heterocycles. The van der Waals surface area contributed by atoms with E-state index in [4.69, 9.17) is 4.74 Å². The zero-order valence-corrected chi connectivity index (χ0v) is 10.3. The van der Waals surface area contributed by atoms with Gasteiger partial charge >= 0.3 is 0 Å². The first-order valence-corrected chi connectivity index (χ1v) is 6.45. The van der Waals surface area contributed by atoms with Gasteiger partial charge in [-0.2, -0.15) is 0 Å². The van der Waals surface area contributed by atoms with Crippen LogP contribution in [0.3, 0.4) is 0 Å². The van der Waals surface area contributed by atoms with E-state index in [9.17, 15) is 0 Å². The first-order valence-electron chi connectivity index (χ1n) is 6.45. The number of nitrogens with zero attached hydrogens (tertiary/aromatic N) is 1. The fourth-order valence-electron chi connectivity index (χ4n) is 4.09. The molecule has 3 aliphatic rings. The summed E-state index contributed by atoms with van der Waals surface area (Å²) >= 11 is 0. The van der Waals surface area contributed by atoms with Crippen molar-refractivity contribution in [3.05, 3.63) is 0 Å². The molecule has 3 aliphatic heterocycles. The van der Waals surface area contributed by atoms with Crippen molar-refractivity contribution in [1.82, 2.24) is 4.90 Å². The molecule has 0 saturated carbocycles. The second-order valence-corrected chi connectivity index (χ2v) is 6.57. The number of rotatable bonds is 0. The highest BCUT2D eigenvalue weighted by Crippen LogP contribution is 2.53. The summed E-state index contributed by atoms with van der Waals surface area (Å²) in [5, 5.41) is 0. The van der Waals surface area contributed by atoms with Crippen LogP contribution in [0.15, 0.2) is 0 Å². The number of hydrogen-bond donors (Lipinski definition) is 0. The highest BCUT2D eigenvalue weighted by Gasteiger charge is 2.57. The topological polar surface area (TPSA) is 12.5 Å². The van der Waals surface area contributed by atoms with Gasteiger partial charge in [-0.15, -0.1) is 0 Å². The average molecular weight is 209 g/mol. The van der Waals surface area contributed by atoms with E-state index in [2.05, 4.69) is 25.7 Å². The van der Waals surface area contributed by atoms with Crippen LogP contribution < -0.4 is 0 Å². The molecule has 0 amide bonds. The minimum absolute atomic E-state index is 0.397. The molecule has 0 aromatic carbocycles. The molecule has 3 atom stereocenters. The normalized spacial score (nSPS) is 45.8. The monoisotopic (exact) mass is 209 g/mol. The number of ether oxygens (including phenoxy) is 1. The summed E-state index contributed by atoms with van der Waals surface area (Å²) in [5.74, 6) is 0. The van der Waals surface area contributed by atoms with Crippen molar-refractivity contribution in [2.24, 2.45) is 5.41 Å². The molecule has 2 nitrogen and oxygen atoms in total. The Morgan fingerprint density at radius 3 is 2.80 bits per heavy atom. The lowest BCUT2D eigenvalue weighted by molar-refractivity contribution is -0.174. The Hall–Kier alpha value is -0.0800. The van der Waals surface area contributed by atoms with Gasteiger partial charge in [0.05, 0.1) is 6.10 Å². The van der Waals surface area contributed by atoms with Crippen molar-refractivity contribution < 1.29 is 4.74 Å². The fourth-order valence-corrected chi connectivity index (χ4v) is 4.09. The quantitative estimate of drug-likeness (QED) is 0.608. The van der Waals surface area contributed by atoms with Crippen LogP contribution in [0.2, 0.25) is 0 Å². The summed E-state index contributed by atoms with van der Waals surface area (Å²) in [5.41, 5.74) is 0.838. The van der Waals surface area contributed by atoms with Gasteiger partial charge in [-0.25, -0.2) is 0 Å². The van der Waals surface area contributed by atoms with Crippen molar-refractivity contribution in [3.63, 3.8) is 0 Å². The van der Waals surface area contributed by atoms with E-state index in [1.807, 2.05) is 0 Å². The van der Waals surface area contributed by atoms with E-state index in [-0.39, 0.29) is 0 Å². The summed E-state index contributed by atoms with van der Waals surface area (Å²) < 4.78 is 6.06. The Kier molecular flexibility index (Phi) is 2.01. The van der Waals surface area contributed by atoms with Gasteiger partial charge in [-0.3, -0.25) is 4.90 Å². The smallest absolute Gasteiger partial charge is 0.111 e. The lowest BCUT2D eigenvalue weighted by Crippen LogP contribution is -2.60. The van der Waals surface area contributed by atoms with E-state index in [1.54, 1.807) is 0 Å². The third kappa shape index (κ3) is 1.24. The maximum Gasteiger partial charge on any atom is 0.111 e. The Bertz CT molecular complexity index is 270. The van der Waals surface area contributed by atoms with Gasteiger partial charge in [0, 0.05) is 12.1 Å². The van der Waals surface area contributed by atoms with Gasteiger partial charge in [0.2, 0.25) is 0 Å². The minimum Gasteiger partial charge on any atom is -0.360 e. The average Bonchev–Trinajstić information content (AvgIpc) is 2.71. The predicted octanol–water partition coefficient (Wildman–Crippen LogP) is 2.78. The summed E-state index contributed by atoms with van der Waals surface area (Å²) in [6, 6.07) is 0. The molecule has 0 aromatic rings. The fraction of sp³-hybridized carbons (Fsp3) is 1.00. The van der Waals surface area contributed by atoms with Crippen LogP contribution in [0.4, 0.5) is 0 Å². The maximum atomic E-state index is 6.06. The van der Waals surface area contributed by atoms with Gasteiger partial charge in [-0.1, -0.05) is 20.8 Å². The van der Waals surface area contributed by atoms with Crippen LogP contribution in [-0.4, -0.2) is 29.3 Å². The van der Waals surface area contributed by atoms with Gasteiger partial charge in [0.15, 0.2) is 0 Å². The van der Waals surface area contributed by atoms with Gasteiger partial charge in [-0.05, 0) is 37.5 Å². The molecule has 0 aromatic heterocycles. The second-order valence-electron chi connectivity index (χ2n) is 6.57. The third-order valence-electron chi connectivity index (χ3n) is 4.93. The maximum absolute atomic E-state index is 6.06. The number of fused-ring (bicyclic) bond motifs is 4. The highest BCUT2D eigenvalue weighted by atomic mass is 16.5.